The van der Waals surface area contributed by atoms with Crippen molar-refractivity contribution in [3.05, 3.63) is 60.7 Å². The van der Waals surface area contributed by atoms with E-state index < -0.39 is 0 Å². The number of rotatable bonds is 0. The van der Waals surface area contributed by atoms with Crippen LogP contribution in [-0.2, 0) is 0 Å². The van der Waals surface area contributed by atoms with Crippen molar-refractivity contribution in [1.29, 1.82) is 0 Å². The normalized spacial score (nSPS) is 7.50. The summed E-state index contributed by atoms with van der Waals surface area (Å²) < 4.78 is 0. The zero-order valence-electron chi connectivity index (χ0n) is 8.67. The molecule has 0 atom stereocenters. The summed E-state index contributed by atoms with van der Waals surface area (Å²) >= 11 is 0. The molecule has 2 N–H and O–H groups in total. The van der Waals surface area contributed by atoms with Crippen molar-refractivity contribution in [3.8, 4) is 11.5 Å². The second kappa shape index (κ2) is 10.6. The van der Waals surface area contributed by atoms with Gasteiger partial charge in [-0.05, 0) is 24.3 Å². The summed E-state index contributed by atoms with van der Waals surface area (Å²) in [5, 5.41) is 17.3. The summed E-state index contributed by atoms with van der Waals surface area (Å²) in [5.74, 6) is 0.644. The molecule has 0 heterocycles. The van der Waals surface area contributed by atoms with E-state index in [1.54, 1.807) is 48.5 Å². The fraction of sp³-hybridized carbons (Fsp3) is 0. The summed E-state index contributed by atoms with van der Waals surface area (Å²) in [5.41, 5.74) is 0. The summed E-state index contributed by atoms with van der Waals surface area (Å²) in [6, 6.07) is 17.4. The van der Waals surface area contributed by atoms with E-state index in [1.807, 2.05) is 12.1 Å². The molecule has 0 aromatic heterocycles. The van der Waals surface area contributed by atoms with Crippen LogP contribution in [0.3, 0.4) is 0 Å². The number of benzene rings is 2. The minimum absolute atomic E-state index is 0. The van der Waals surface area contributed by atoms with Crippen LogP contribution in [0.4, 0.5) is 0 Å². The summed E-state index contributed by atoms with van der Waals surface area (Å²) in [7, 11) is 0. The van der Waals surface area contributed by atoms with Gasteiger partial charge in [0, 0.05) is 0 Å². The molecule has 0 unspecified atom stereocenters. The van der Waals surface area contributed by atoms with Crippen LogP contribution in [0.15, 0.2) is 60.7 Å². The van der Waals surface area contributed by atoms with Gasteiger partial charge in [0.2, 0.25) is 0 Å². The van der Waals surface area contributed by atoms with Gasteiger partial charge in [0.05, 0.1) is 0 Å². The first kappa shape index (κ1) is 17.5. The Morgan fingerprint density at radius 1 is 0.500 bits per heavy atom. The van der Waals surface area contributed by atoms with Gasteiger partial charge in [-0.25, -0.2) is 0 Å². The molecule has 2 nitrogen and oxygen atoms in total. The van der Waals surface area contributed by atoms with E-state index in [1.165, 1.54) is 0 Å². The van der Waals surface area contributed by atoms with Gasteiger partial charge in [0.25, 0.3) is 0 Å². The van der Waals surface area contributed by atoms with Crippen molar-refractivity contribution >= 4 is 34.1 Å². The Morgan fingerprint density at radius 3 is 0.875 bits per heavy atom. The van der Waals surface area contributed by atoms with Crippen LogP contribution in [0.25, 0.3) is 0 Å². The van der Waals surface area contributed by atoms with E-state index in [2.05, 4.69) is 0 Å². The first-order valence-corrected chi connectivity index (χ1v) is 4.27. The van der Waals surface area contributed by atoms with Crippen LogP contribution in [0.5, 0.6) is 11.5 Å². The van der Waals surface area contributed by atoms with Gasteiger partial charge in [0.15, 0.2) is 0 Å². The second-order valence-corrected chi connectivity index (χ2v) is 2.67. The van der Waals surface area contributed by atoms with Gasteiger partial charge in [-0.2, -0.15) is 0 Å². The van der Waals surface area contributed by atoms with E-state index in [0.717, 1.165) is 0 Å². The maximum atomic E-state index is 8.63. The molecule has 0 spiro atoms. The topological polar surface area (TPSA) is 40.5 Å². The van der Waals surface area contributed by atoms with Gasteiger partial charge >= 0.3 is 34.1 Å². The monoisotopic (exact) mass is 352 g/mol. The third-order valence-corrected chi connectivity index (χ3v) is 1.51. The second-order valence-electron chi connectivity index (χ2n) is 2.67. The van der Waals surface area contributed by atoms with Crippen molar-refractivity contribution in [1.82, 2.24) is 0 Å². The van der Waals surface area contributed by atoms with Gasteiger partial charge in [-0.15, -0.1) is 0 Å². The molecule has 88 valence electrons. The molecule has 0 amide bonds. The molecule has 2 aromatic rings. The van der Waals surface area contributed by atoms with Crippen LogP contribution in [0.1, 0.15) is 0 Å². The molecule has 0 aliphatic rings. The standard InChI is InChI=1S/2C6H6O.2H2Se/c2*7-6-4-2-1-3-5-6;;/h2*1-5,7H;2*1H2. The summed E-state index contributed by atoms with van der Waals surface area (Å²) in [4.78, 5) is 0. The molecule has 16 heavy (non-hydrogen) atoms. The van der Waals surface area contributed by atoms with Gasteiger partial charge in [-0.1, -0.05) is 36.4 Å². The molecule has 2 aromatic carbocycles. The van der Waals surface area contributed by atoms with Crippen molar-refractivity contribution < 1.29 is 10.2 Å². The van der Waals surface area contributed by atoms with E-state index >= 15 is 0 Å². The van der Waals surface area contributed by atoms with Crippen LogP contribution in [0.2, 0.25) is 0 Å². The van der Waals surface area contributed by atoms with Crippen LogP contribution < -0.4 is 0 Å². The summed E-state index contributed by atoms with van der Waals surface area (Å²) in [6.07, 6.45) is 0. The van der Waals surface area contributed by atoms with Crippen molar-refractivity contribution in [2.75, 3.05) is 0 Å². The molecule has 4 heteroatoms. The SMILES string of the molecule is Oc1ccccc1.Oc1ccccc1.[SeH2].[SeH2]. The quantitative estimate of drug-likeness (QED) is 0.695. The minimum atomic E-state index is 0. The van der Waals surface area contributed by atoms with Gasteiger partial charge in [-0.3, -0.25) is 0 Å². The number of hydrogen-bond donors (Lipinski definition) is 2. The predicted molar refractivity (Wildman–Crippen MR) is 73.3 cm³/mol. The Bertz CT molecular complexity index is 314. The Labute approximate surface area is 116 Å². The van der Waals surface area contributed by atoms with E-state index in [4.69, 9.17) is 10.2 Å². The zero-order chi connectivity index (χ0) is 10.2. The molecule has 0 radical (unpaired) electrons. The third-order valence-electron chi connectivity index (χ3n) is 1.51. The molecule has 0 bridgehead atoms. The fourth-order valence-electron chi connectivity index (χ4n) is 0.856. The molecule has 0 saturated carbocycles. The first-order chi connectivity index (χ1) is 6.79. The van der Waals surface area contributed by atoms with Crippen molar-refractivity contribution in [3.63, 3.8) is 0 Å². The number of para-hydroxylation sites is 2. The molecule has 0 aliphatic carbocycles. The van der Waals surface area contributed by atoms with E-state index in [0.29, 0.717) is 11.5 Å². The Balaban J connectivity index is 0. The molecule has 2 rings (SSSR count). The fourth-order valence-corrected chi connectivity index (χ4v) is 0.856. The van der Waals surface area contributed by atoms with Gasteiger partial charge in [0.1, 0.15) is 11.5 Å². The first-order valence-electron chi connectivity index (χ1n) is 4.27. The van der Waals surface area contributed by atoms with Crippen LogP contribution >= 0.6 is 0 Å². The molecular weight excluding hydrogens is 334 g/mol. The molecule has 0 saturated heterocycles. The number of phenolic OH excluding ortho intramolecular Hbond substituents is 2. The van der Waals surface area contributed by atoms with E-state index in [-0.39, 0.29) is 34.1 Å². The average molecular weight is 350 g/mol. The third kappa shape index (κ3) is 8.39. The molecular formula is C12H16O2Se2. The number of hydrogen-bond acceptors (Lipinski definition) is 2. The molecule has 0 fully saturated rings. The van der Waals surface area contributed by atoms with Crippen molar-refractivity contribution in [2.45, 2.75) is 0 Å². The van der Waals surface area contributed by atoms with Crippen molar-refractivity contribution in [2.24, 2.45) is 0 Å². The van der Waals surface area contributed by atoms with Crippen LogP contribution in [0, 0.1) is 0 Å². The zero-order valence-corrected chi connectivity index (χ0v) is 12.9. The molecule has 0 aliphatic heterocycles. The van der Waals surface area contributed by atoms with Crippen LogP contribution in [-0.4, -0.2) is 44.4 Å². The maximum absolute atomic E-state index is 8.63. The Kier molecular flexibility index (Phi) is 11.6. The Morgan fingerprint density at radius 2 is 0.750 bits per heavy atom. The van der Waals surface area contributed by atoms with Gasteiger partial charge < -0.3 is 10.2 Å². The summed E-state index contributed by atoms with van der Waals surface area (Å²) in [6.45, 7) is 0. The number of phenols is 2. The Hall–Kier alpha value is -0.921. The predicted octanol–water partition coefficient (Wildman–Crippen LogP) is 0.952. The van der Waals surface area contributed by atoms with E-state index in [9.17, 15) is 0 Å². The number of aromatic hydroxyl groups is 2. The average Bonchev–Trinajstić information content (AvgIpc) is 2.21.